The molecule has 0 saturated carbocycles. The minimum atomic E-state index is -0.0988. The highest BCUT2D eigenvalue weighted by molar-refractivity contribution is 5.99. The molecule has 1 aliphatic rings. The topological polar surface area (TPSA) is 59.3 Å². The van der Waals surface area contributed by atoms with Crippen molar-refractivity contribution in [1.82, 2.24) is 19.9 Å². The molecular formula is C16H22N4O. The molecule has 3 rings (SSSR count). The first-order valence-corrected chi connectivity index (χ1v) is 7.82. The van der Waals surface area contributed by atoms with Crippen molar-refractivity contribution >= 4 is 11.6 Å². The number of nitrogens with one attached hydrogen (secondary N) is 1. The second-order valence-electron chi connectivity index (χ2n) is 6.07. The molecule has 0 aromatic carbocycles. The average Bonchev–Trinajstić information content (AvgIpc) is 2.82. The lowest BCUT2D eigenvalue weighted by atomic mass is 9.98. The standard InChI is InChI=1S/C16H22N4O/c1-11(2)19-16(21)13-10-18-20-14-8-6-4-3-5-7-12(14)9-17-15(13)20/h9-11H,3-8H2,1-2H3,(H,19,21). The van der Waals surface area contributed by atoms with Crippen molar-refractivity contribution in [2.75, 3.05) is 0 Å². The predicted molar refractivity (Wildman–Crippen MR) is 81.5 cm³/mol. The monoisotopic (exact) mass is 286 g/mol. The fraction of sp³-hybridized carbons (Fsp3) is 0.562. The van der Waals surface area contributed by atoms with Gasteiger partial charge in [-0.2, -0.15) is 5.10 Å². The second-order valence-corrected chi connectivity index (χ2v) is 6.07. The smallest absolute Gasteiger partial charge is 0.256 e. The quantitative estimate of drug-likeness (QED) is 0.923. The molecule has 0 saturated heterocycles. The van der Waals surface area contributed by atoms with E-state index < -0.39 is 0 Å². The summed E-state index contributed by atoms with van der Waals surface area (Å²) in [5.41, 5.74) is 3.74. The van der Waals surface area contributed by atoms with Gasteiger partial charge in [-0.05, 0) is 45.1 Å². The Morgan fingerprint density at radius 3 is 2.71 bits per heavy atom. The Hall–Kier alpha value is -1.91. The number of rotatable bonds is 2. The summed E-state index contributed by atoms with van der Waals surface area (Å²) in [6, 6.07) is 0.108. The second kappa shape index (κ2) is 5.84. The van der Waals surface area contributed by atoms with Gasteiger partial charge in [-0.25, -0.2) is 9.50 Å². The van der Waals surface area contributed by atoms with Crippen molar-refractivity contribution in [3.8, 4) is 0 Å². The van der Waals surface area contributed by atoms with Gasteiger partial charge in [0.1, 0.15) is 5.56 Å². The van der Waals surface area contributed by atoms with Gasteiger partial charge in [-0.15, -0.1) is 0 Å². The van der Waals surface area contributed by atoms with Gasteiger partial charge in [0.15, 0.2) is 5.65 Å². The Kier molecular flexibility index (Phi) is 3.90. The number of nitrogens with zero attached hydrogens (tertiary/aromatic N) is 3. The van der Waals surface area contributed by atoms with Crippen molar-refractivity contribution in [3.05, 3.63) is 29.2 Å². The van der Waals surface area contributed by atoms with Gasteiger partial charge in [-0.1, -0.05) is 12.8 Å². The molecule has 112 valence electrons. The third-order valence-corrected chi connectivity index (χ3v) is 3.99. The zero-order chi connectivity index (χ0) is 14.8. The molecule has 0 aliphatic heterocycles. The van der Waals surface area contributed by atoms with Crippen molar-refractivity contribution in [1.29, 1.82) is 0 Å². The third-order valence-electron chi connectivity index (χ3n) is 3.99. The predicted octanol–water partition coefficient (Wildman–Crippen LogP) is 2.53. The van der Waals surface area contributed by atoms with Crippen molar-refractivity contribution in [2.45, 2.75) is 58.4 Å². The number of hydrogen-bond acceptors (Lipinski definition) is 3. The molecule has 0 atom stereocenters. The zero-order valence-corrected chi connectivity index (χ0v) is 12.7. The van der Waals surface area contributed by atoms with E-state index in [9.17, 15) is 4.79 Å². The van der Waals surface area contributed by atoms with Crippen LogP contribution in [0, 0.1) is 0 Å². The van der Waals surface area contributed by atoms with Crippen LogP contribution in [0.25, 0.3) is 5.65 Å². The minimum Gasteiger partial charge on any atom is -0.350 e. The lowest BCUT2D eigenvalue weighted by Crippen LogP contribution is -2.30. The van der Waals surface area contributed by atoms with E-state index in [1.54, 1.807) is 6.20 Å². The molecule has 21 heavy (non-hydrogen) atoms. The Bertz CT molecular complexity index is 660. The Morgan fingerprint density at radius 2 is 1.95 bits per heavy atom. The number of fused-ring (bicyclic) bond motifs is 3. The molecule has 2 aromatic heterocycles. The maximum Gasteiger partial charge on any atom is 0.256 e. The van der Waals surface area contributed by atoms with Crippen LogP contribution in [0.15, 0.2) is 12.4 Å². The van der Waals surface area contributed by atoms with Crippen LogP contribution in [0.2, 0.25) is 0 Å². The van der Waals surface area contributed by atoms with E-state index in [1.165, 1.54) is 36.9 Å². The summed E-state index contributed by atoms with van der Waals surface area (Å²) in [6.45, 7) is 3.90. The molecule has 1 N–H and O–H groups in total. The Morgan fingerprint density at radius 1 is 1.19 bits per heavy atom. The van der Waals surface area contributed by atoms with Gasteiger partial charge in [0.2, 0.25) is 0 Å². The largest absolute Gasteiger partial charge is 0.350 e. The van der Waals surface area contributed by atoms with Crippen LogP contribution in [0.3, 0.4) is 0 Å². The minimum absolute atomic E-state index is 0.0988. The molecule has 5 nitrogen and oxygen atoms in total. The first kappa shape index (κ1) is 14.0. The normalized spacial score (nSPS) is 15.6. The molecule has 1 aliphatic carbocycles. The number of carbonyl (C=O) groups is 1. The molecule has 0 radical (unpaired) electrons. The Balaban J connectivity index is 2.03. The van der Waals surface area contributed by atoms with Crippen molar-refractivity contribution in [2.24, 2.45) is 0 Å². The summed E-state index contributed by atoms with van der Waals surface area (Å²) < 4.78 is 1.87. The summed E-state index contributed by atoms with van der Waals surface area (Å²) >= 11 is 0. The van der Waals surface area contributed by atoms with Gasteiger partial charge in [-0.3, -0.25) is 4.79 Å². The molecular weight excluding hydrogens is 264 g/mol. The van der Waals surface area contributed by atoms with Crippen LogP contribution in [0.5, 0.6) is 0 Å². The fourth-order valence-corrected chi connectivity index (χ4v) is 2.95. The summed E-state index contributed by atoms with van der Waals surface area (Å²) in [5.74, 6) is -0.0988. The maximum atomic E-state index is 12.2. The summed E-state index contributed by atoms with van der Waals surface area (Å²) in [7, 11) is 0. The van der Waals surface area contributed by atoms with Crippen molar-refractivity contribution in [3.63, 3.8) is 0 Å². The van der Waals surface area contributed by atoms with Gasteiger partial charge in [0, 0.05) is 17.9 Å². The average molecular weight is 286 g/mol. The molecule has 0 spiro atoms. The van der Waals surface area contributed by atoms with Crippen LogP contribution in [-0.4, -0.2) is 26.5 Å². The third kappa shape index (κ3) is 2.77. The molecule has 0 fully saturated rings. The van der Waals surface area contributed by atoms with Crippen LogP contribution in [-0.2, 0) is 12.8 Å². The van der Waals surface area contributed by atoms with E-state index in [0.717, 1.165) is 12.8 Å². The number of aryl methyl sites for hydroxylation is 2. The number of amides is 1. The van der Waals surface area contributed by atoms with E-state index in [-0.39, 0.29) is 11.9 Å². The van der Waals surface area contributed by atoms with Gasteiger partial charge < -0.3 is 5.32 Å². The fourth-order valence-electron chi connectivity index (χ4n) is 2.95. The van der Waals surface area contributed by atoms with E-state index in [1.807, 2.05) is 24.6 Å². The molecule has 5 heteroatoms. The SMILES string of the molecule is CC(C)NC(=O)c1cnn2c3c(cnc12)CCCCCC3. The van der Waals surface area contributed by atoms with Crippen LogP contribution < -0.4 is 5.32 Å². The zero-order valence-electron chi connectivity index (χ0n) is 12.7. The lowest BCUT2D eigenvalue weighted by molar-refractivity contribution is 0.0944. The highest BCUT2D eigenvalue weighted by Crippen LogP contribution is 2.21. The van der Waals surface area contributed by atoms with E-state index >= 15 is 0 Å². The van der Waals surface area contributed by atoms with Gasteiger partial charge in [0.25, 0.3) is 5.91 Å². The number of aromatic nitrogens is 3. The molecule has 0 unspecified atom stereocenters. The van der Waals surface area contributed by atoms with E-state index in [0.29, 0.717) is 11.2 Å². The van der Waals surface area contributed by atoms with Crippen LogP contribution >= 0.6 is 0 Å². The lowest BCUT2D eigenvalue weighted by Gasteiger charge is -2.14. The van der Waals surface area contributed by atoms with Crippen LogP contribution in [0.1, 0.15) is 61.1 Å². The highest BCUT2D eigenvalue weighted by atomic mass is 16.1. The van der Waals surface area contributed by atoms with Gasteiger partial charge >= 0.3 is 0 Å². The molecule has 2 heterocycles. The first-order chi connectivity index (χ1) is 10.2. The summed E-state index contributed by atoms with van der Waals surface area (Å²) in [4.78, 5) is 16.7. The highest BCUT2D eigenvalue weighted by Gasteiger charge is 2.18. The molecule has 0 bridgehead atoms. The van der Waals surface area contributed by atoms with Crippen molar-refractivity contribution < 1.29 is 4.79 Å². The Labute approximate surface area is 124 Å². The van der Waals surface area contributed by atoms with E-state index in [2.05, 4.69) is 15.4 Å². The molecule has 1 amide bonds. The summed E-state index contributed by atoms with van der Waals surface area (Å²) in [6.07, 6.45) is 10.6. The van der Waals surface area contributed by atoms with Crippen LogP contribution in [0.4, 0.5) is 0 Å². The van der Waals surface area contributed by atoms with E-state index in [4.69, 9.17) is 0 Å². The van der Waals surface area contributed by atoms with Gasteiger partial charge in [0.05, 0.1) is 6.20 Å². The molecule has 2 aromatic rings. The first-order valence-electron chi connectivity index (χ1n) is 7.82. The summed E-state index contributed by atoms with van der Waals surface area (Å²) in [5, 5.41) is 7.33. The maximum absolute atomic E-state index is 12.2. The number of carbonyl (C=O) groups excluding carboxylic acids is 1. The number of hydrogen-bond donors (Lipinski definition) is 1.